The summed E-state index contributed by atoms with van der Waals surface area (Å²) in [5, 5.41) is 3.43. The lowest BCUT2D eigenvalue weighted by Crippen LogP contribution is -2.21. The van der Waals surface area contributed by atoms with Gasteiger partial charge >= 0.3 is 0 Å². The van der Waals surface area contributed by atoms with Crippen LogP contribution in [0.4, 0.5) is 0 Å². The molecule has 1 aromatic rings. The average Bonchev–Trinajstić information content (AvgIpc) is 2.33. The highest BCUT2D eigenvalue weighted by Gasteiger charge is 1.98. The van der Waals surface area contributed by atoms with Crippen molar-refractivity contribution in [1.29, 1.82) is 0 Å². The molecular weight excluding hydrogens is 226 g/mol. The molecule has 0 aromatic heterocycles. The third-order valence-electron chi connectivity index (χ3n) is 2.35. The van der Waals surface area contributed by atoms with Crippen LogP contribution in [0.5, 0.6) is 0 Å². The van der Waals surface area contributed by atoms with E-state index < -0.39 is 0 Å². The van der Waals surface area contributed by atoms with E-state index in [9.17, 15) is 0 Å². The van der Waals surface area contributed by atoms with Crippen LogP contribution in [0.1, 0.15) is 32.3 Å². The molecule has 1 aromatic carbocycles. The van der Waals surface area contributed by atoms with E-state index in [4.69, 9.17) is 6.42 Å². The molecule has 0 fully saturated rings. The van der Waals surface area contributed by atoms with Crippen molar-refractivity contribution in [3.63, 3.8) is 0 Å². The van der Waals surface area contributed by atoms with Gasteiger partial charge in [0.1, 0.15) is 0 Å². The highest BCUT2D eigenvalue weighted by molar-refractivity contribution is 7.99. The molecule has 0 atom stereocenters. The summed E-state index contributed by atoms with van der Waals surface area (Å²) in [6, 6.07) is 9.25. The number of benzene rings is 1. The first-order valence-electron chi connectivity index (χ1n) is 6.11. The van der Waals surface area contributed by atoms with Gasteiger partial charge in [-0.05, 0) is 29.9 Å². The summed E-state index contributed by atoms with van der Waals surface area (Å²) in [7, 11) is 0. The van der Waals surface area contributed by atoms with E-state index in [1.807, 2.05) is 11.8 Å². The van der Waals surface area contributed by atoms with Gasteiger partial charge in [0.15, 0.2) is 0 Å². The van der Waals surface area contributed by atoms with Gasteiger partial charge in [-0.15, -0.1) is 24.1 Å². The van der Waals surface area contributed by atoms with Gasteiger partial charge in [0.2, 0.25) is 0 Å². The van der Waals surface area contributed by atoms with Gasteiger partial charge in [-0.3, -0.25) is 0 Å². The molecule has 1 rings (SSSR count). The Morgan fingerprint density at radius 1 is 1.41 bits per heavy atom. The Bertz CT molecular complexity index is 365. The quantitative estimate of drug-likeness (QED) is 0.448. The second kappa shape index (κ2) is 8.22. The number of hydrogen-bond acceptors (Lipinski definition) is 2. The molecule has 0 aliphatic rings. The van der Waals surface area contributed by atoms with E-state index in [1.54, 1.807) is 0 Å². The van der Waals surface area contributed by atoms with Gasteiger partial charge in [0.05, 0.1) is 0 Å². The summed E-state index contributed by atoms with van der Waals surface area (Å²) in [4.78, 5) is 1.34. The number of unbranched alkanes of at least 4 members (excludes halogenated alkanes) is 1. The molecule has 0 radical (unpaired) electrons. The summed E-state index contributed by atoms with van der Waals surface area (Å²) in [6.07, 6.45) is 7.20. The molecule has 0 spiro atoms. The highest BCUT2D eigenvalue weighted by Crippen LogP contribution is 2.20. The maximum absolute atomic E-state index is 5.23. The third-order valence-corrected chi connectivity index (χ3v) is 3.43. The van der Waals surface area contributed by atoms with E-state index in [-0.39, 0.29) is 0 Å². The van der Waals surface area contributed by atoms with Crippen LogP contribution in [-0.4, -0.2) is 11.8 Å². The molecule has 1 nitrogen and oxygen atoms in total. The number of thioether (sulfide) groups is 1. The molecule has 0 bridgehead atoms. The van der Waals surface area contributed by atoms with Crippen molar-refractivity contribution in [3.05, 3.63) is 29.8 Å². The van der Waals surface area contributed by atoms with Crippen molar-refractivity contribution in [2.24, 2.45) is 0 Å². The van der Waals surface area contributed by atoms with Crippen LogP contribution in [0.25, 0.3) is 0 Å². The van der Waals surface area contributed by atoms with Gasteiger partial charge in [0.25, 0.3) is 0 Å². The Morgan fingerprint density at radius 2 is 2.24 bits per heavy atom. The van der Waals surface area contributed by atoms with E-state index in [0.29, 0.717) is 6.04 Å². The van der Waals surface area contributed by atoms with Crippen molar-refractivity contribution >= 4 is 11.8 Å². The zero-order valence-electron chi connectivity index (χ0n) is 10.7. The summed E-state index contributed by atoms with van der Waals surface area (Å²) in [6.45, 7) is 5.27. The Hall–Kier alpha value is -0.910. The molecule has 0 aliphatic carbocycles. The first kappa shape index (κ1) is 14.2. The largest absolute Gasteiger partial charge is 0.310 e. The van der Waals surface area contributed by atoms with Crippen LogP contribution in [0, 0.1) is 12.3 Å². The molecule has 1 N–H and O–H groups in total. The maximum atomic E-state index is 5.23. The van der Waals surface area contributed by atoms with Gasteiger partial charge in [-0.25, -0.2) is 0 Å². The summed E-state index contributed by atoms with van der Waals surface area (Å²) >= 11 is 1.89. The van der Waals surface area contributed by atoms with E-state index in [1.165, 1.54) is 10.5 Å². The molecule has 17 heavy (non-hydrogen) atoms. The van der Waals surface area contributed by atoms with Crippen LogP contribution in [0.2, 0.25) is 0 Å². The minimum absolute atomic E-state index is 0.530. The monoisotopic (exact) mass is 247 g/mol. The second-order valence-corrected chi connectivity index (χ2v) is 5.51. The van der Waals surface area contributed by atoms with Gasteiger partial charge in [-0.1, -0.05) is 26.0 Å². The normalized spacial score (nSPS) is 10.5. The smallest absolute Gasteiger partial charge is 0.0208 e. The standard InChI is InChI=1S/C15H21NS/c1-4-5-6-10-17-15-9-7-8-14(11-15)12-16-13(2)3/h1,7-9,11,13,16H,5-6,10,12H2,2-3H3. The molecule has 0 saturated heterocycles. The first-order chi connectivity index (χ1) is 8.22. The lowest BCUT2D eigenvalue weighted by Gasteiger charge is -2.09. The molecule has 0 heterocycles. The average molecular weight is 247 g/mol. The minimum Gasteiger partial charge on any atom is -0.310 e. The zero-order chi connectivity index (χ0) is 12.5. The Morgan fingerprint density at radius 3 is 2.94 bits per heavy atom. The molecule has 0 amide bonds. The first-order valence-corrected chi connectivity index (χ1v) is 7.09. The topological polar surface area (TPSA) is 12.0 Å². The lowest BCUT2D eigenvalue weighted by molar-refractivity contribution is 0.588. The lowest BCUT2D eigenvalue weighted by atomic mass is 10.2. The summed E-state index contributed by atoms with van der Waals surface area (Å²) < 4.78 is 0. The number of hydrogen-bond donors (Lipinski definition) is 1. The Labute approximate surface area is 109 Å². The second-order valence-electron chi connectivity index (χ2n) is 4.34. The van der Waals surface area contributed by atoms with Crippen LogP contribution in [-0.2, 0) is 6.54 Å². The van der Waals surface area contributed by atoms with Crippen molar-refractivity contribution in [2.75, 3.05) is 5.75 Å². The summed E-state index contributed by atoms with van der Waals surface area (Å²) in [5.74, 6) is 3.78. The molecule has 2 heteroatoms. The SMILES string of the molecule is C#CCCCSc1cccc(CNC(C)C)c1. The molecule has 0 aliphatic heterocycles. The van der Waals surface area contributed by atoms with Crippen molar-refractivity contribution in [3.8, 4) is 12.3 Å². The molecule has 0 unspecified atom stereocenters. The van der Waals surface area contributed by atoms with Crippen LogP contribution < -0.4 is 5.32 Å². The Kier molecular flexibility index (Phi) is 6.84. The van der Waals surface area contributed by atoms with Crippen molar-refractivity contribution in [2.45, 2.75) is 44.2 Å². The van der Waals surface area contributed by atoms with Gasteiger partial charge < -0.3 is 5.32 Å². The zero-order valence-corrected chi connectivity index (χ0v) is 11.5. The van der Waals surface area contributed by atoms with Crippen LogP contribution >= 0.6 is 11.8 Å². The highest BCUT2D eigenvalue weighted by atomic mass is 32.2. The van der Waals surface area contributed by atoms with Crippen molar-refractivity contribution < 1.29 is 0 Å². The number of rotatable bonds is 7. The van der Waals surface area contributed by atoms with E-state index in [0.717, 1.165) is 25.1 Å². The van der Waals surface area contributed by atoms with Crippen LogP contribution in [0.15, 0.2) is 29.2 Å². The van der Waals surface area contributed by atoms with Crippen molar-refractivity contribution in [1.82, 2.24) is 5.32 Å². The van der Waals surface area contributed by atoms with Gasteiger partial charge in [0, 0.05) is 23.9 Å². The Balaban J connectivity index is 2.40. The number of nitrogens with one attached hydrogen (secondary N) is 1. The third kappa shape index (κ3) is 6.41. The fraction of sp³-hybridized carbons (Fsp3) is 0.467. The molecular formula is C15H21NS. The fourth-order valence-corrected chi connectivity index (χ4v) is 2.37. The molecule has 0 saturated carbocycles. The predicted octanol–water partition coefficient (Wildman–Crippen LogP) is 3.69. The van der Waals surface area contributed by atoms with E-state index >= 15 is 0 Å². The predicted molar refractivity (Wildman–Crippen MR) is 77.2 cm³/mol. The van der Waals surface area contributed by atoms with Crippen LogP contribution in [0.3, 0.4) is 0 Å². The fourth-order valence-electron chi connectivity index (χ4n) is 1.43. The van der Waals surface area contributed by atoms with E-state index in [2.05, 4.69) is 49.4 Å². The molecule has 92 valence electrons. The minimum atomic E-state index is 0.530. The van der Waals surface area contributed by atoms with Gasteiger partial charge in [-0.2, -0.15) is 0 Å². The number of terminal acetylenes is 1. The summed E-state index contributed by atoms with van der Waals surface area (Å²) in [5.41, 5.74) is 1.35. The maximum Gasteiger partial charge on any atom is 0.0208 e.